The van der Waals surface area contributed by atoms with E-state index in [1.54, 1.807) is 12.1 Å². The quantitative estimate of drug-likeness (QED) is 0.157. The lowest BCUT2D eigenvalue weighted by Crippen LogP contribution is -2.11. The summed E-state index contributed by atoms with van der Waals surface area (Å²) in [5.74, 6) is -0.257. The van der Waals surface area contributed by atoms with Crippen molar-refractivity contribution in [3.63, 3.8) is 0 Å². The van der Waals surface area contributed by atoms with Crippen LogP contribution in [0, 0.1) is 5.82 Å². The number of fused-ring (bicyclic) bond motifs is 6. The molecule has 4 heteroatoms. The van der Waals surface area contributed by atoms with Crippen molar-refractivity contribution in [1.29, 1.82) is 0 Å². The van der Waals surface area contributed by atoms with Crippen molar-refractivity contribution in [1.82, 2.24) is 4.57 Å². The first kappa shape index (κ1) is 34.0. The Labute approximate surface area is 339 Å². The van der Waals surface area contributed by atoms with Crippen LogP contribution in [0.5, 0.6) is 0 Å². The summed E-state index contributed by atoms with van der Waals surface area (Å²) < 4.78 is 19.7. The molecule has 0 atom stereocenters. The fourth-order valence-corrected chi connectivity index (χ4v) is 9.81. The van der Waals surface area contributed by atoms with Crippen LogP contribution < -0.4 is 4.90 Å². The normalized spacial score (nSPS) is 11.5. The number of hydrogen-bond acceptors (Lipinski definition) is 2. The lowest BCUT2D eigenvalue weighted by atomic mass is 9.98. The van der Waals surface area contributed by atoms with Crippen LogP contribution in [0.3, 0.4) is 0 Å². The summed E-state index contributed by atoms with van der Waals surface area (Å²) in [4.78, 5) is 2.35. The van der Waals surface area contributed by atoms with Gasteiger partial charge in [-0.1, -0.05) is 146 Å². The van der Waals surface area contributed by atoms with Crippen LogP contribution in [0.1, 0.15) is 0 Å². The summed E-state index contributed by atoms with van der Waals surface area (Å²) in [6, 6.07) is 74.2. The third-order valence-corrected chi connectivity index (χ3v) is 12.5. The van der Waals surface area contributed by atoms with Gasteiger partial charge in [-0.05, 0) is 94.5 Å². The molecule has 0 N–H and O–H groups in total. The van der Waals surface area contributed by atoms with Gasteiger partial charge in [0.2, 0.25) is 0 Å². The van der Waals surface area contributed by atoms with E-state index in [0.29, 0.717) is 0 Å². The fraction of sp³-hybridized carbons (Fsp3) is 0. The maximum Gasteiger partial charge on any atom is 0.125 e. The van der Waals surface area contributed by atoms with E-state index in [1.807, 2.05) is 35.6 Å². The minimum atomic E-state index is -0.257. The first-order valence-electron chi connectivity index (χ1n) is 19.5. The number of anilines is 3. The van der Waals surface area contributed by atoms with Crippen LogP contribution >= 0.6 is 11.3 Å². The van der Waals surface area contributed by atoms with Gasteiger partial charge in [0.1, 0.15) is 5.82 Å². The second-order valence-corrected chi connectivity index (χ2v) is 15.7. The Hall–Kier alpha value is -7.27. The van der Waals surface area contributed by atoms with Gasteiger partial charge >= 0.3 is 0 Å². The summed E-state index contributed by atoms with van der Waals surface area (Å²) in [7, 11) is 0. The number of thiophene rings is 1. The summed E-state index contributed by atoms with van der Waals surface area (Å²) in [6.07, 6.45) is 0. The van der Waals surface area contributed by atoms with Gasteiger partial charge in [-0.15, -0.1) is 11.3 Å². The van der Waals surface area contributed by atoms with E-state index in [4.69, 9.17) is 0 Å². The second-order valence-electron chi connectivity index (χ2n) is 14.7. The largest absolute Gasteiger partial charge is 0.310 e. The molecule has 2 heterocycles. The number of nitrogens with zero attached hydrogens (tertiary/aromatic N) is 2. The van der Waals surface area contributed by atoms with Crippen molar-refractivity contribution >= 4 is 70.4 Å². The first-order chi connectivity index (χ1) is 28.7. The highest BCUT2D eigenvalue weighted by Crippen LogP contribution is 2.44. The van der Waals surface area contributed by atoms with Gasteiger partial charge in [-0.2, -0.15) is 0 Å². The van der Waals surface area contributed by atoms with Gasteiger partial charge in [0, 0.05) is 53.6 Å². The zero-order valence-corrected chi connectivity index (χ0v) is 32.2. The molecule has 0 amide bonds. The molecule has 0 aliphatic heterocycles. The Bertz CT molecular complexity index is 3290. The molecule has 0 saturated carbocycles. The van der Waals surface area contributed by atoms with E-state index < -0.39 is 0 Å². The minimum Gasteiger partial charge on any atom is -0.310 e. The number of para-hydroxylation sites is 2. The summed E-state index contributed by atoms with van der Waals surface area (Å²) in [5, 5.41) is 4.70. The van der Waals surface area contributed by atoms with Crippen molar-refractivity contribution in [2.24, 2.45) is 0 Å². The molecule has 0 bridgehead atoms. The SMILES string of the molecule is Fc1ccc2c3ccccc3n(-c3cccc(N(c4ccc(-c5cccc6c5sc5ccccc56)cc4)c4ccccc4-c4ccc(-c5ccccc5)cc4)c3)c2c1. The standard InChI is InChI=1S/C54H35FN2S/c55-40-30-33-47-46-17-5-8-22-51(46)57(52(47)34-40)43-15-10-14-42(35-43)56(50-21-7-4-16-44(50)38-26-24-37(25-27-38)36-12-2-1-3-13-36)41-31-28-39(29-32-41)45-19-11-20-49-48-18-6-9-23-53(48)58-54(45)49/h1-35H. The molecular weight excluding hydrogens is 728 g/mol. The molecule has 2 aromatic heterocycles. The van der Waals surface area contributed by atoms with Gasteiger partial charge in [-0.25, -0.2) is 4.39 Å². The van der Waals surface area contributed by atoms with Crippen LogP contribution in [-0.2, 0) is 0 Å². The molecule has 0 radical (unpaired) electrons. The Morgan fingerprint density at radius 3 is 1.88 bits per heavy atom. The molecular formula is C54H35FN2S. The molecule has 2 nitrogen and oxygen atoms in total. The van der Waals surface area contributed by atoms with Crippen molar-refractivity contribution in [2.75, 3.05) is 4.90 Å². The molecule has 0 unspecified atom stereocenters. The molecule has 0 aliphatic rings. The van der Waals surface area contributed by atoms with Crippen LogP contribution in [-0.4, -0.2) is 4.57 Å². The second kappa shape index (κ2) is 14.0. The average molecular weight is 763 g/mol. The number of benzene rings is 9. The Morgan fingerprint density at radius 1 is 0.397 bits per heavy atom. The number of hydrogen-bond donors (Lipinski definition) is 0. The molecule has 274 valence electrons. The predicted molar refractivity (Wildman–Crippen MR) is 245 cm³/mol. The van der Waals surface area contributed by atoms with Gasteiger partial charge in [-0.3, -0.25) is 0 Å². The van der Waals surface area contributed by atoms with Gasteiger partial charge in [0.15, 0.2) is 0 Å². The summed E-state index contributed by atoms with van der Waals surface area (Å²) in [6.45, 7) is 0. The summed E-state index contributed by atoms with van der Waals surface area (Å²) >= 11 is 1.85. The zero-order chi connectivity index (χ0) is 38.6. The molecule has 0 aliphatic carbocycles. The van der Waals surface area contributed by atoms with Crippen LogP contribution in [0.25, 0.3) is 81.0 Å². The number of rotatable bonds is 7. The maximum atomic E-state index is 14.9. The smallest absolute Gasteiger partial charge is 0.125 e. The lowest BCUT2D eigenvalue weighted by molar-refractivity contribution is 0.629. The van der Waals surface area contributed by atoms with Crippen LogP contribution in [0.2, 0.25) is 0 Å². The Kier molecular flexibility index (Phi) is 8.23. The third kappa shape index (κ3) is 5.77. The van der Waals surface area contributed by atoms with E-state index >= 15 is 0 Å². The molecule has 11 aromatic rings. The minimum absolute atomic E-state index is 0.257. The first-order valence-corrected chi connectivity index (χ1v) is 20.3. The van der Waals surface area contributed by atoms with Crippen LogP contribution in [0.4, 0.5) is 21.5 Å². The van der Waals surface area contributed by atoms with Gasteiger partial charge in [0.05, 0.1) is 16.7 Å². The van der Waals surface area contributed by atoms with Gasteiger partial charge in [0.25, 0.3) is 0 Å². The maximum absolute atomic E-state index is 14.9. The predicted octanol–water partition coefficient (Wildman–Crippen LogP) is 15.8. The van der Waals surface area contributed by atoms with Gasteiger partial charge < -0.3 is 9.47 Å². The van der Waals surface area contributed by atoms with Crippen molar-refractivity contribution in [3.05, 3.63) is 218 Å². The van der Waals surface area contributed by atoms with E-state index in [1.165, 1.54) is 42.4 Å². The monoisotopic (exact) mass is 762 g/mol. The van der Waals surface area contributed by atoms with Crippen molar-refractivity contribution in [2.45, 2.75) is 0 Å². The molecule has 58 heavy (non-hydrogen) atoms. The van der Waals surface area contributed by atoms with Crippen molar-refractivity contribution < 1.29 is 4.39 Å². The summed E-state index contributed by atoms with van der Waals surface area (Å²) in [5.41, 5.74) is 12.9. The highest BCUT2D eigenvalue weighted by atomic mass is 32.1. The average Bonchev–Trinajstić information content (AvgIpc) is 3.83. The highest BCUT2D eigenvalue weighted by Gasteiger charge is 2.20. The van der Waals surface area contributed by atoms with E-state index in [0.717, 1.165) is 55.7 Å². The third-order valence-electron chi connectivity index (χ3n) is 11.3. The van der Waals surface area contributed by atoms with E-state index in [-0.39, 0.29) is 5.82 Å². The topological polar surface area (TPSA) is 8.17 Å². The molecule has 9 aromatic carbocycles. The highest BCUT2D eigenvalue weighted by molar-refractivity contribution is 7.26. The molecule has 0 spiro atoms. The van der Waals surface area contributed by atoms with E-state index in [9.17, 15) is 4.39 Å². The lowest BCUT2D eigenvalue weighted by Gasteiger charge is -2.28. The number of halogens is 1. The molecule has 11 rings (SSSR count). The Morgan fingerprint density at radius 2 is 1.02 bits per heavy atom. The van der Waals surface area contributed by atoms with E-state index in [2.05, 4.69) is 185 Å². The number of aromatic nitrogens is 1. The fourth-order valence-electron chi connectivity index (χ4n) is 8.57. The van der Waals surface area contributed by atoms with Crippen molar-refractivity contribution in [3.8, 4) is 39.1 Å². The Balaban J connectivity index is 1.08. The molecule has 0 fully saturated rings. The zero-order valence-electron chi connectivity index (χ0n) is 31.4. The molecule has 0 saturated heterocycles. The van der Waals surface area contributed by atoms with Crippen LogP contribution in [0.15, 0.2) is 212 Å².